The molecule has 0 bridgehead atoms. The van der Waals surface area contributed by atoms with Gasteiger partial charge >= 0.3 is 5.97 Å². The highest BCUT2D eigenvalue weighted by molar-refractivity contribution is 14.1. The number of aromatic carboxylic acids is 1. The highest BCUT2D eigenvalue weighted by atomic mass is 127. The molecule has 0 aromatic heterocycles. The van der Waals surface area contributed by atoms with Crippen LogP contribution in [0.3, 0.4) is 0 Å². The monoisotopic (exact) mass is 303 g/mol. The van der Waals surface area contributed by atoms with Crippen molar-refractivity contribution in [3.8, 4) is 0 Å². The van der Waals surface area contributed by atoms with Crippen molar-refractivity contribution in [3.05, 3.63) is 45.6 Å². The van der Waals surface area contributed by atoms with E-state index in [4.69, 9.17) is 10.8 Å². The van der Waals surface area contributed by atoms with E-state index in [1.807, 2.05) is 0 Å². The predicted octanol–water partition coefficient (Wildman–Crippen LogP) is 2.18. The zero-order chi connectivity index (χ0) is 10.7. The Morgan fingerprint density at radius 2 is 2.29 bits per heavy atom. The first-order valence-electron chi connectivity index (χ1n) is 3.97. The molecule has 1 aromatic rings. The summed E-state index contributed by atoms with van der Waals surface area (Å²) in [5.74, 6) is -0.945. The minimum Gasteiger partial charge on any atom is -0.478 e. The highest BCUT2D eigenvalue weighted by Gasteiger charge is 2.10. The van der Waals surface area contributed by atoms with Gasteiger partial charge in [-0.2, -0.15) is 0 Å². The minimum atomic E-state index is -0.945. The molecule has 3 nitrogen and oxygen atoms in total. The molecule has 1 atom stereocenters. The maximum Gasteiger partial charge on any atom is 0.335 e. The Balaban J connectivity index is 3.20. The van der Waals surface area contributed by atoms with Crippen LogP contribution in [0.25, 0.3) is 0 Å². The van der Waals surface area contributed by atoms with E-state index in [0.717, 1.165) is 9.13 Å². The van der Waals surface area contributed by atoms with E-state index in [0.29, 0.717) is 0 Å². The summed E-state index contributed by atoms with van der Waals surface area (Å²) < 4.78 is 0.944. The maximum atomic E-state index is 10.7. The fraction of sp³-hybridized carbons (Fsp3) is 0.100. The van der Waals surface area contributed by atoms with Crippen LogP contribution in [0.1, 0.15) is 22.0 Å². The van der Waals surface area contributed by atoms with Gasteiger partial charge in [0.15, 0.2) is 0 Å². The molecule has 4 heteroatoms. The van der Waals surface area contributed by atoms with E-state index in [9.17, 15) is 4.79 Å². The van der Waals surface area contributed by atoms with Crippen LogP contribution in [0.2, 0.25) is 0 Å². The van der Waals surface area contributed by atoms with Crippen LogP contribution in [0, 0.1) is 3.57 Å². The number of rotatable bonds is 3. The van der Waals surface area contributed by atoms with Crippen molar-refractivity contribution in [2.24, 2.45) is 5.73 Å². The number of hydrogen-bond donors (Lipinski definition) is 2. The standard InChI is InChI=1S/C10H10INO2/c1-2-9(12)7-5-6(10(13)14)3-4-8(7)11/h2-5,9H,1,12H2,(H,13,14). The summed E-state index contributed by atoms with van der Waals surface area (Å²) in [7, 11) is 0. The van der Waals surface area contributed by atoms with Crippen LogP contribution in [0.15, 0.2) is 30.9 Å². The molecular formula is C10H10INO2. The quantitative estimate of drug-likeness (QED) is 0.664. The van der Waals surface area contributed by atoms with Gasteiger partial charge in [-0.05, 0) is 46.4 Å². The van der Waals surface area contributed by atoms with Crippen molar-refractivity contribution in [1.29, 1.82) is 0 Å². The summed E-state index contributed by atoms with van der Waals surface area (Å²) in [6, 6.07) is 4.56. The molecule has 74 valence electrons. The maximum absolute atomic E-state index is 10.7. The van der Waals surface area contributed by atoms with Crippen LogP contribution in [-0.2, 0) is 0 Å². The second-order valence-corrected chi connectivity index (χ2v) is 3.97. The molecule has 0 aliphatic rings. The molecule has 0 radical (unpaired) electrons. The Morgan fingerprint density at radius 3 is 2.79 bits per heavy atom. The number of benzene rings is 1. The molecule has 0 aliphatic heterocycles. The lowest BCUT2D eigenvalue weighted by molar-refractivity contribution is 0.0696. The van der Waals surface area contributed by atoms with Crippen molar-refractivity contribution < 1.29 is 9.90 Å². The van der Waals surface area contributed by atoms with Gasteiger partial charge < -0.3 is 10.8 Å². The van der Waals surface area contributed by atoms with E-state index in [1.54, 1.807) is 24.3 Å². The second kappa shape index (κ2) is 4.56. The van der Waals surface area contributed by atoms with Gasteiger partial charge in [0.2, 0.25) is 0 Å². The van der Waals surface area contributed by atoms with Gasteiger partial charge in [0.05, 0.1) is 5.56 Å². The molecule has 14 heavy (non-hydrogen) atoms. The minimum absolute atomic E-state index is 0.248. The van der Waals surface area contributed by atoms with Gasteiger partial charge in [0, 0.05) is 9.61 Å². The Hall–Kier alpha value is -0.880. The number of carboxylic acid groups (broad SMARTS) is 1. The highest BCUT2D eigenvalue weighted by Crippen LogP contribution is 2.20. The molecule has 0 aliphatic carbocycles. The zero-order valence-electron chi connectivity index (χ0n) is 7.40. The summed E-state index contributed by atoms with van der Waals surface area (Å²) in [6.07, 6.45) is 1.59. The third-order valence-electron chi connectivity index (χ3n) is 1.86. The molecule has 0 fully saturated rings. The molecular weight excluding hydrogens is 293 g/mol. The zero-order valence-corrected chi connectivity index (χ0v) is 9.56. The van der Waals surface area contributed by atoms with Gasteiger partial charge in [0.25, 0.3) is 0 Å². The van der Waals surface area contributed by atoms with E-state index in [2.05, 4.69) is 29.2 Å². The topological polar surface area (TPSA) is 63.3 Å². The van der Waals surface area contributed by atoms with E-state index in [-0.39, 0.29) is 11.6 Å². The summed E-state index contributed by atoms with van der Waals surface area (Å²) >= 11 is 2.12. The normalized spacial score (nSPS) is 12.1. The summed E-state index contributed by atoms with van der Waals surface area (Å²) in [6.45, 7) is 3.58. The summed E-state index contributed by atoms with van der Waals surface area (Å²) in [5, 5.41) is 8.79. The predicted molar refractivity (Wildman–Crippen MR) is 63.2 cm³/mol. The Labute approximate surface area is 95.8 Å². The Bertz CT molecular complexity index is 376. The number of halogens is 1. The van der Waals surface area contributed by atoms with Crippen LogP contribution < -0.4 is 5.73 Å². The number of nitrogens with two attached hydrogens (primary N) is 1. The van der Waals surface area contributed by atoms with Crippen molar-refractivity contribution >= 4 is 28.6 Å². The average Bonchev–Trinajstić information content (AvgIpc) is 2.17. The SMILES string of the molecule is C=CC(N)c1cc(C(=O)O)ccc1I. The first-order chi connectivity index (χ1) is 6.56. The van der Waals surface area contributed by atoms with Crippen molar-refractivity contribution in [2.75, 3.05) is 0 Å². The number of carboxylic acids is 1. The molecule has 0 amide bonds. The lowest BCUT2D eigenvalue weighted by Gasteiger charge is -2.09. The third-order valence-corrected chi connectivity index (χ3v) is 2.84. The summed E-state index contributed by atoms with van der Waals surface area (Å²) in [5.41, 5.74) is 6.79. The van der Waals surface area contributed by atoms with Gasteiger partial charge in [-0.3, -0.25) is 0 Å². The fourth-order valence-corrected chi connectivity index (χ4v) is 1.75. The largest absolute Gasteiger partial charge is 0.478 e. The number of hydrogen-bond acceptors (Lipinski definition) is 2. The first-order valence-corrected chi connectivity index (χ1v) is 5.05. The van der Waals surface area contributed by atoms with Crippen LogP contribution in [0.5, 0.6) is 0 Å². The molecule has 0 saturated carbocycles. The van der Waals surface area contributed by atoms with Crippen molar-refractivity contribution in [2.45, 2.75) is 6.04 Å². The Morgan fingerprint density at radius 1 is 1.64 bits per heavy atom. The van der Waals surface area contributed by atoms with Crippen molar-refractivity contribution in [1.82, 2.24) is 0 Å². The fourth-order valence-electron chi connectivity index (χ4n) is 1.06. The molecule has 0 heterocycles. The Kier molecular flexibility index (Phi) is 3.65. The van der Waals surface area contributed by atoms with Crippen LogP contribution >= 0.6 is 22.6 Å². The number of carbonyl (C=O) groups is 1. The average molecular weight is 303 g/mol. The summed E-state index contributed by atoms with van der Waals surface area (Å²) in [4.78, 5) is 10.7. The lowest BCUT2D eigenvalue weighted by Crippen LogP contribution is -2.10. The molecule has 0 spiro atoms. The third kappa shape index (κ3) is 2.33. The van der Waals surface area contributed by atoms with Crippen LogP contribution in [-0.4, -0.2) is 11.1 Å². The van der Waals surface area contributed by atoms with Gasteiger partial charge in [-0.25, -0.2) is 4.79 Å². The first kappa shape index (κ1) is 11.2. The van der Waals surface area contributed by atoms with E-state index in [1.165, 1.54) is 0 Å². The van der Waals surface area contributed by atoms with Crippen LogP contribution in [0.4, 0.5) is 0 Å². The van der Waals surface area contributed by atoms with E-state index < -0.39 is 5.97 Å². The molecule has 0 saturated heterocycles. The molecule has 1 unspecified atom stereocenters. The van der Waals surface area contributed by atoms with Gasteiger partial charge in [0.1, 0.15) is 0 Å². The molecule has 1 aromatic carbocycles. The lowest BCUT2D eigenvalue weighted by atomic mass is 10.0. The smallest absolute Gasteiger partial charge is 0.335 e. The van der Waals surface area contributed by atoms with E-state index >= 15 is 0 Å². The van der Waals surface area contributed by atoms with Gasteiger partial charge in [-0.1, -0.05) is 6.08 Å². The van der Waals surface area contributed by atoms with Crippen molar-refractivity contribution in [3.63, 3.8) is 0 Å². The second-order valence-electron chi connectivity index (χ2n) is 2.80. The molecule has 3 N–H and O–H groups in total. The van der Waals surface area contributed by atoms with Gasteiger partial charge in [-0.15, -0.1) is 6.58 Å². The molecule has 1 rings (SSSR count).